The predicted molar refractivity (Wildman–Crippen MR) is 96.4 cm³/mol. The van der Waals surface area contributed by atoms with Crippen LogP contribution in [-0.4, -0.2) is 72.5 Å². The highest BCUT2D eigenvalue weighted by Gasteiger charge is 2.32. The van der Waals surface area contributed by atoms with Crippen molar-refractivity contribution in [2.75, 3.05) is 51.1 Å². The highest BCUT2D eigenvalue weighted by atomic mass is 19.4. The van der Waals surface area contributed by atoms with Crippen LogP contribution in [0.5, 0.6) is 0 Å². The van der Waals surface area contributed by atoms with E-state index in [-0.39, 0.29) is 11.9 Å². The number of hydrogen-bond acceptors (Lipinski definition) is 5. The quantitative estimate of drug-likeness (QED) is 0.810. The lowest BCUT2D eigenvalue weighted by molar-refractivity contribution is -0.141. The molecule has 27 heavy (non-hydrogen) atoms. The highest BCUT2D eigenvalue weighted by molar-refractivity contribution is 5.76. The molecule has 0 aromatic carbocycles. The van der Waals surface area contributed by atoms with Gasteiger partial charge in [-0.1, -0.05) is 0 Å². The van der Waals surface area contributed by atoms with Crippen molar-refractivity contribution >= 4 is 11.6 Å². The summed E-state index contributed by atoms with van der Waals surface area (Å²) in [6.07, 6.45) is -1.30. The molecular weight excluding hydrogens is 359 g/mol. The molecule has 150 valence electrons. The minimum atomic E-state index is -4.45. The molecular formula is C18H26F3N5O. The fraction of sp³-hybridized carbons (Fsp3) is 0.667. The van der Waals surface area contributed by atoms with Gasteiger partial charge in [0.25, 0.3) is 0 Å². The Morgan fingerprint density at radius 3 is 2.59 bits per heavy atom. The van der Waals surface area contributed by atoms with E-state index in [1.54, 1.807) is 6.07 Å². The number of alkyl halides is 3. The number of carbonyl (C=O) groups excluding carboxylic acids is 1. The molecule has 1 aromatic rings. The molecule has 6 nitrogen and oxygen atoms in total. The van der Waals surface area contributed by atoms with Gasteiger partial charge in [-0.25, -0.2) is 0 Å². The third-order valence-electron chi connectivity index (χ3n) is 5.12. The fourth-order valence-corrected chi connectivity index (χ4v) is 3.53. The molecule has 2 aliphatic rings. The average molecular weight is 385 g/mol. The minimum absolute atomic E-state index is 0.0608. The van der Waals surface area contributed by atoms with Crippen LogP contribution >= 0.6 is 0 Å². The number of carbonyl (C=O) groups is 1. The number of amides is 1. The topological polar surface area (TPSA) is 60.5 Å². The number of anilines is 1. The van der Waals surface area contributed by atoms with Gasteiger partial charge in [0, 0.05) is 70.2 Å². The van der Waals surface area contributed by atoms with Gasteiger partial charge < -0.3 is 20.4 Å². The summed E-state index contributed by atoms with van der Waals surface area (Å²) in [6, 6.07) is 2.64. The van der Waals surface area contributed by atoms with Crippen LogP contribution in [0.15, 0.2) is 18.3 Å². The Bertz CT molecular complexity index is 626. The molecule has 1 aromatic heterocycles. The molecule has 2 aliphatic heterocycles. The molecule has 0 bridgehead atoms. The predicted octanol–water partition coefficient (Wildman–Crippen LogP) is 1.80. The fourth-order valence-electron chi connectivity index (χ4n) is 3.53. The summed E-state index contributed by atoms with van der Waals surface area (Å²) in [5, 5.41) is 6.44. The van der Waals surface area contributed by atoms with Gasteiger partial charge in [0.15, 0.2) is 0 Å². The average Bonchev–Trinajstić information content (AvgIpc) is 2.67. The lowest BCUT2D eigenvalue weighted by Gasteiger charge is -2.34. The Labute approximate surface area is 157 Å². The summed E-state index contributed by atoms with van der Waals surface area (Å²) in [5.74, 6) is 0.162. The molecule has 0 aliphatic carbocycles. The number of nitrogens with zero attached hydrogens (tertiary/aromatic N) is 3. The first kappa shape index (κ1) is 19.9. The van der Waals surface area contributed by atoms with E-state index in [9.17, 15) is 18.0 Å². The minimum Gasteiger partial charge on any atom is -0.382 e. The second-order valence-electron chi connectivity index (χ2n) is 7.07. The maximum atomic E-state index is 12.8. The standard InChI is InChI=1S/C18H26F3N5O/c19-18(20,21)16-13-15(1-5-23-16)24-14-2-9-26(10-3-14)17(27)4-8-25-11-6-22-7-12-25/h1,5,13-14,22H,2-4,6-12H2,(H,23,24). The van der Waals surface area contributed by atoms with Crippen LogP contribution in [0, 0.1) is 0 Å². The van der Waals surface area contributed by atoms with E-state index in [1.165, 1.54) is 6.20 Å². The normalized spacial score (nSPS) is 19.9. The van der Waals surface area contributed by atoms with Crippen LogP contribution in [0.3, 0.4) is 0 Å². The third-order valence-corrected chi connectivity index (χ3v) is 5.12. The zero-order chi connectivity index (χ0) is 19.3. The highest BCUT2D eigenvalue weighted by Crippen LogP contribution is 2.29. The number of pyridine rings is 1. The van der Waals surface area contributed by atoms with Gasteiger partial charge in [0.1, 0.15) is 5.69 Å². The summed E-state index contributed by atoms with van der Waals surface area (Å²) < 4.78 is 38.3. The van der Waals surface area contributed by atoms with Gasteiger partial charge in [-0.2, -0.15) is 13.2 Å². The first-order valence-corrected chi connectivity index (χ1v) is 9.42. The Hall–Kier alpha value is -1.87. The maximum Gasteiger partial charge on any atom is 0.433 e. The van der Waals surface area contributed by atoms with Gasteiger partial charge in [-0.3, -0.25) is 9.78 Å². The molecule has 2 fully saturated rings. The largest absolute Gasteiger partial charge is 0.433 e. The SMILES string of the molecule is O=C(CCN1CCNCC1)N1CCC(Nc2ccnc(C(F)(F)F)c2)CC1. The smallest absolute Gasteiger partial charge is 0.382 e. The van der Waals surface area contributed by atoms with Crippen LogP contribution in [0.1, 0.15) is 25.0 Å². The molecule has 0 atom stereocenters. The van der Waals surface area contributed by atoms with Crippen molar-refractivity contribution in [1.29, 1.82) is 0 Å². The van der Waals surface area contributed by atoms with Crippen LogP contribution in [0.4, 0.5) is 18.9 Å². The van der Waals surface area contributed by atoms with Crippen LogP contribution in [0.25, 0.3) is 0 Å². The van der Waals surface area contributed by atoms with Crippen molar-refractivity contribution in [3.63, 3.8) is 0 Å². The second kappa shape index (κ2) is 8.88. The van der Waals surface area contributed by atoms with Crippen LogP contribution in [-0.2, 0) is 11.0 Å². The van der Waals surface area contributed by atoms with Gasteiger partial charge in [0.2, 0.25) is 5.91 Å². The number of nitrogens with one attached hydrogen (secondary N) is 2. The molecule has 0 saturated carbocycles. The molecule has 2 saturated heterocycles. The molecule has 9 heteroatoms. The summed E-state index contributed by atoms with van der Waals surface area (Å²) in [6.45, 7) is 5.95. The van der Waals surface area contributed by atoms with Gasteiger partial charge in [0.05, 0.1) is 0 Å². The van der Waals surface area contributed by atoms with E-state index in [0.717, 1.165) is 51.6 Å². The monoisotopic (exact) mass is 385 g/mol. The van der Waals surface area contributed by atoms with Crippen molar-refractivity contribution in [3.05, 3.63) is 24.0 Å². The van der Waals surface area contributed by atoms with Crippen molar-refractivity contribution in [1.82, 2.24) is 20.1 Å². The first-order chi connectivity index (χ1) is 12.9. The molecule has 2 N–H and O–H groups in total. The molecule has 3 heterocycles. The van der Waals surface area contributed by atoms with Crippen LogP contribution in [0.2, 0.25) is 0 Å². The summed E-state index contributed by atoms with van der Waals surface area (Å²) >= 11 is 0. The van der Waals surface area contributed by atoms with Crippen molar-refractivity contribution in [2.45, 2.75) is 31.5 Å². The lowest BCUT2D eigenvalue weighted by Crippen LogP contribution is -2.46. The second-order valence-corrected chi connectivity index (χ2v) is 7.07. The van der Waals surface area contributed by atoms with E-state index in [0.29, 0.717) is 25.2 Å². The number of likely N-dealkylation sites (tertiary alicyclic amines) is 1. The Balaban J connectivity index is 1.42. The van der Waals surface area contributed by atoms with Crippen molar-refractivity contribution in [2.24, 2.45) is 0 Å². The summed E-state index contributed by atoms with van der Waals surface area (Å²) in [5.41, 5.74) is -0.478. The maximum absolute atomic E-state index is 12.8. The van der Waals surface area contributed by atoms with Gasteiger partial charge in [-0.05, 0) is 25.0 Å². The number of aromatic nitrogens is 1. The molecule has 1 amide bonds. The lowest BCUT2D eigenvalue weighted by atomic mass is 10.0. The van der Waals surface area contributed by atoms with E-state index in [2.05, 4.69) is 20.5 Å². The zero-order valence-corrected chi connectivity index (χ0v) is 15.3. The van der Waals surface area contributed by atoms with Crippen molar-refractivity contribution < 1.29 is 18.0 Å². The molecule has 0 spiro atoms. The Morgan fingerprint density at radius 2 is 1.93 bits per heavy atom. The molecule has 0 radical (unpaired) electrons. The first-order valence-electron chi connectivity index (χ1n) is 9.42. The van der Waals surface area contributed by atoms with E-state index in [4.69, 9.17) is 0 Å². The molecule has 3 rings (SSSR count). The van der Waals surface area contributed by atoms with Crippen molar-refractivity contribution in [3.8, 4) is 0 Å². The van der Waals surface area contributed by atoms with E-state index in [1.807, 2.05) is 4.90 Å². The Kier molecular flexibility index (Phi) is 6.54. The molecule has 0 unspecified atom stereocenters. The van der Waals surface area contributed by atoms with Gasteiger partial charge >= 0.3 is 6.18 Å². The number of piperazine rings is 1. The number of hydrogen-bond donors (Lipinski definition) is 2. The van der Waals surface area contributed by atoms with E-state index < -0.39 is 11.9 Å². The number of rotatable bonds is 5. The number of halogens is 3. The van der Waals surface area contributed by atoms with Crippen LogP contribution < -0.4 is 10.6 Å². The number of piperidine rings is 1. The summed E-state index contributed by atoms with van der Waals surface area (Å²) in [4.78, 5) is 19.9. The Morgan fingerprint density at radius 1 is 1.22 bits per heavy atom. The zero-order valence-electron chi connectivity index (χ0n) is 15.3. The summed E-state index contributed by atoms with van der Waals surface area (Å²) in [7, 11) is 0. The van der Waals surface area contributed by atoms with E-state index >= 15 is 0 Å². The van der Waals surface area contributed by atoms with Gasteiger partial charge in [-0.15, -0.1) is 0 Å². The third kappa shape index (κ3) is 5.80.